The van der Waals surface area contributed by atoms with E-state index in [4.69, 9.17) is 4.74 Å². The lowest BCUT2D eigenvalue weighted by Gasteiger charge is -2.48. The van der Waals surface area contributed by atoms with E-state index in [2.05, 4.69) is 0 Å². The fourth-order valence-corrected chi connectivity index (χ4v) is 3.78. The van der Waals surface area contributed by atoms with Crippen molar-refractivity contribution in [3.63, 3.8) is 0 Å². The number of nitrogens with zero attached hydrogens (tertiary/aromatic N) is 3. The van der Waals surface area contributed by atoms with E-state index in [-0.39, 0.29) is 0 Å². The van der Waals surface area contributed by atoms with Crippen LogP contribution in [-0.2, 0) is 23.9 Å². The highest BCUT2D eigenvalue weighted by Crippen LogP contribution is 2.39. The molecule has 3 amide bonds. The average molecular weight is 403 g/mol. The zero-order chi connectivity index (χ0) is 21.5. The number of Topliss-reactive ketones (excluding diaryl/α,β-unsaturated/α-hetero) is 1. The summed E-state index contributed by atoms with van der Waals surface area (Å²) in [6.07, 6.45) is -8.33. The molecule has 2 aliphatic rings. The fourth-order valence-electron chi connectivity index (χ4n) is 3.78. The van der Waals surface area contributed by atoms with Crippen LogP contribution >= 0.6 is 0 Å². The molecule has 0 aliphatic carbocycles. The van der Waals surface area contributed by atoms with E-state index in [1.807, 2.05) is 0 Å². The van der Waals surface area contributed by atoms with Gasteiger partial charge in [-0.2, -0.15) is 5.12 Å². The van der Waals surface area contributed by atoms with Gasteiger partial charge in [-0.05, 0) is 6.92 Å². The molecule has 0 aromatic heterocycles. The maximum Gasteiger partial charge on any atom is 0.257 e. The van der Waals surface area contributed by atoms with E-state index in [1.165, 1.54) is 0 Å². The highest BCUT2D eigenvalue weighted by atomic mass is 16.5. The Morgan fingerprint density at radius 3 is 1.89 bits per heavy atom. The number of ketones is 1. The van der Waals surface area contributed by atoms with Crippen molar-refractivity contribution in [1.29, 1.82) is 0 Å². The Hall–Kier alpha value is -2.12. The number of amides is 3. The molecule has 2 rings (SSSR count). The summed E-state index contributed by atoms with van der Waals surface area (Å²) in [5, 5.41) is 42.4. The molecule has 2 saturated heterocycles. The van der Waals surface area contributed by atoms with Crippen molar-refractivity contribution in [3.05, 3.63) is 0 Å². The average Bonchev–Trinajstić information content (AvgIpc) is 2.98. The largest absolute Gasteiger partial charge is 0.394 e. The van der Waals surface area contributed by atoms with Crippen LogP contribution in [0, 0.1) is 0 Å². The van der Waals surface area contributed by atoms with Crippen molar-refractivity contribution in [2.24, 2.45) is 0 Å². The van der Waals surface area contributed by atoms with Gasteiger partial charge in [0, 0.05) is 20.8 Å². The molecular weight excluding hydrogens is 378 g/mol. The SMILES string of the molecule is CC(=O)N1CC(C(C)=O)(C2O[C@H](CO)[C@@H](O)[C@H](O)[C@H]2O)N(C(C)=O)N1C(C)=O. The second-order valence-corrected chi connectivity index (χ2v) is 6.95. The summed E-state index contributed by atoms with van der Waals surface area (Å²) in [7, 11) is 0. The van der Waals surface area contributed by atoms with Crippen LogP contribution in [0.3, 0.4) is 0 Å². The monoisotopic (exact) mass is 403 g/mol. The molecule has 28 heavy (non-hydrogen) atoms. The van der Waals surface area contributed by atoms with Gasteiger partial charge in [0.1, 0.15) is 30.5 Å². The minimum absolute atomic E-state index is 0.528. The molecule has 6 atom stereocenters. The fraction of sp³-hybridized carbons (Fsp3) is 0.750. The molecule has 2 fully saturated rings. The lowest BCUT2D eigenvalue weighted by atomic mass is 9.79. The second-order valence-electron chi connectivity index (χ2n) is 6.95. The predicted molar refractivity (Wildman–Crippen MR) is 89.6 cm³/mol. The minimum Gasteiger partial charge on any atom is -0.394 e. The van der Waals surface area contributed by atoms with Crippen LogP contribution < -0.4 is 0 Å². The summed E-state index contributed by atoms with van der Waals surface area (Å²) in [4.78, 5) is 49.5. The zero-order valence-corrected chi connectivity index (χ0v) is 16.0. The molecular formula is C16H25N3O9. The van der Waals surface area contributed by atoms with Crippen LogP contribution in [0.1, 0.15) is 27.7 Å². The van der Waals surface area contributed by atoms with E-state index in [9.17, 15) is 39.6 Å². The molecule has 0 saturated carbocycles. The molecule has 12 nitrogen and oxygen atoms in total. The first kappa shape index (κ1) is 22.2. The number of aliphatic hydroxyl groups excluding tert-OH is 4. The summed E-state index contributed by atoms with van der Waals surface area (Å²) in [6, 6.07) is 0. The van der Waals surface area contributed by atoms with Gasteiger partial charge in [-0.15, -0.1) is 0 Å². The van der Waals surface area contributed by atoms with Crippen LogP contribution in [0.25, 0.3) is 0 Å². The quantitative estimate of drug-likeness (QED) is 0.374. The van der Waals surface area contributed by atoms with E-state index in [1.54, 1.807) is 0 Å². The van der Waals surface area contributed by atoms with E-state index in [0.29, 0.717) is 10.1 Å². The third kappa shape index (κ3) is 3.16. The molecule has 2 unspecified atom stereocenters. The third-order valence-corrected chi connectivity index (χ3v) is 5.10. The number of carbonyl (C=O) groups is 4. The first-order valence-corrected chi connectivity index (χ1v) is 8.62. The van der Waals surface area contributed by atoms with Crippen LogP contribution in [0.15, 0.2) is 0 Å². The maximum absolute atomic E-state index is 12.8. The molecule has 4 N–H and O–H groups in total. The van der Waals surface area contributed by atoms with Gasteiger partial charge in [0.05, 0.1) is 13.2 Å². The molecule has 2 aliphatic heterocycles. The summed E-state index contributed by atoms with van der Waals surface area (Å²) in [5.74, 6) is -2.94. The highest BCUT2D eigenvalue weighted by molar-refractivity contribution is 5.95. The first-order valence-electron chi connectivity index (χ1n) is 8.62. The number of aliphatic hydroxyl groups is 4. The van der Waals surface area contributed by atoms with Gasteiger partial charge in [-0.3, -0.25) is 19.2 Å². The summed E-state index contributed by atoms with van der Waals surface area (Å²) < 4.78 is 5.52. The van der Waals surface area contributed by atoms with Gasteiger partial charge < -0.3 is 25.2 Å². The molecule has 2 heterocycles. The van der Waals surface area contributed by atoms with Crippen molar-refractivity contribution in [2.45, 2.75) is 63.8 Å². The molecule has 0 aromatic rings. The van der Waals surface area contributed by atoms with Gasteiger partial charge >= 0.3 is 0 Å². The van der Waals surface area contributed by atoms with Gasteiger partial charge in [-0.1, -0.05) is 0 Å². The lowest BCUT2D eigenvalue weighted by molar-refractivity contribution is -0.258. The Morgan fingerprint density at radius 2 is 1.50 bits per heavy atom. The van der Waals surface area contributed by atoms with Gasteiger partial charge in [0.15, 0.2) is 11.3 Å². The first-order chi connectivity index (χ1) is 12.9. The van der Waals surface area contributed by atoms with Crippen molar-refractivity contribution in [2.75, 3.05) is 13.2 Å². The smallest absolute Gasteiger partial charge is 0.257 e. The lowest BCUT2D eigenvalue weighted by Crippen LogP contribution is -2.73. The van der Waals surface area contributed by atoms with Crippen molar-refractivity contribution in [3.8, 4) is 0 Å². The van der Waals surface area contributed by atoms with Gasteiger partial charge in [0.2, 0.25) is 11.8 Å². The molecule has 158 valence electrons. The van der Waals surface area contributed by atoms with Crippen LogP contribution in [0.5, 0.6) is 0 Å². The number of hydrazine groups is 2. The van der Waals surface area contributed by atoms with E-state index >= 15 is 0 Å². The summed E-state index contributed by atoms with van der Waals surface area (Å²) in [6.45, 7) is 3.07. The molecule has 0 radical (unpaired) electrons. The van der Waals surface area contributed by atoms with Crippen molar-refractivity contribution >= 4 is 23.5 Å². The number of carbonyl (C=O) groups excluding carboxylic acids is 4. The topological polar surface area (TPSA) is 168 Å². The Morgan fingerprint density at radius 1 is 0.929 bits per heavy atom. The summed E-state index contributed by atoms with van der Waals surface area (Å²) >= 11 is 0. The Labute approximate surface area is 160 Å². The van der Waals surface area contributed by atoms with Gasteiger partial charge in [0.25, 0.3) is 5.91 Å². The molecule has 0 aromatic carbocycles. The van der Waals surface area contributed by atoms with Crippen LogP contribution in [0.2, 0.25) is 0 Å². The highest BCUT2D eigenvalue weighted by Gasteiger charge is 2.65. The Balaban J connectivity index is 2.68. The predicted octanol–water partition coefficient (Wildman–Crippen LogP) is -3.45. The third-order valence-electron chi connectivity index (χ3n) is 5.10. The summed E-state index contributed by atoms with van der Waals surface area (Å²) in [5.41, 5.74) is -2.07. The standard InChI is InChI=1S/C16H25N3O9/c1-7(21)16(15-14(27)13(26)12(25)11(5-20)28-15)6-17(8(2)22)19(10(4)24)18(16)9(3)23/h11-15,20,25-27H,5-6H2,1-4H3/t11-,12-,13+,14-,15?,16?/m1/s1. The normalized spacial score (nSPS) is 35.9. The maximum atomic E-state index is 12.8. The van der Waals surface area contributed by atoms with E-state index in [0.717, 1.165) is 32.7 Å². The van der Waals surface area contributed by atoms with Gasteiger partial charge in [-0.25, -0.2) is 10.0 Å². The van der Waals surface area contributed by atoms with Crippen molar-refractivity contribution < 1.29 is 44.3 Å². The molecule has 0 bridgehead atoms. The van der Waals surface area contributed by atoms with E-state index < -0.39 is 72.7 Å². The van der Waals surface area contributed by atoms with Crippen molar-refractivity contribution in [1.82, 2.24) is 15.1 Å². The number of rotatable bonds is 3. The van der Waals surface area contributed by atoms with Crippen LogP contribution in [0.4, 0.5) is 0 Å². The van der Waals surface area contributed by atoms with Crippen LogP contribution in [-0.4, -0.2) is 108 Å². The molecule has 0 spiro atoms. The number of hydrogen-bond acceptors (Lipinski definition) is 9. The Kier molecular flexibility index (Phi) is 6.11. The minimum atomic E-state index is -2.07. The Bertz CT molecular complexity index is 684. The molecule has 12 heteroatoms. The second kappa shape index (κ2) is 7.72. The zero-order valence-electron chi connectivity index (χ0n) is 16.0. The number of hydrogen-bond donors (Lipinski definition) is 4. The number of ether oxygens (including phenoxy) is 1.